The Hall–Kier alpha value is -2.08. The van der Waals surface area contributed by atoms with Crippen LogP contribution >= 0.6 is 11.6 Å². The fraction of sp³-hybridized carbons (Fsp3) is 0.278. The van der Waals surface area contributed by atoms with Gasteiger partial charge in [-0.25, -0.2) is 0 Å². The van der Waals surface area contributed by atoms with E-state index in [0.29, 0.717) is 18.2 Å². The third kappa shape index (κ3) is 5.23. The van der Waals surface area contributed by atoms with Crippen molar-refractivity contribution in [1.82, 2.24) is 4.90 Å². The maximum atomic E-state index is 11.8. The van der Waals surface area contributed by atoms with Crippen molar-refractivity contribution in [3.8, 4) is 5.75 Å². The highest BCUT2D eigenvalue weighted by atomic mass is 35.5. The van der Waals surface area contributed by atoms with Gasteiger partial charge in [-0.3, -0.25) is 4.79 Å². The molecule has 6 heteroatoms. The molecule has 0 aromatic heterocycles. The quantitative estimate of drug-likeness (QED) is 0.804. The molecule has 0 heterocycles. The first-order valence-electron chi connectivity index (χ1n) is 7.57. The summed E-state index contributed by atoms with van der Waals surface area (Å²) in [5.41, 5.74) is 7.48. The lowest BCUT2D eigenvalue weighted by Gasteiger charge is -2.20. The van der Waals surface area contributed by atoms with Gasteiger partial charge in [-0.15, -0.1) is 0 Å². The van der Waals surface area contributed by atoms with Crippen molar-refractivity contribution in [3.63, 3.8) is 0 Å². The molecule has 0 saturated carbocycles. The molecule has 0 radical (unpaired) electrons. The van der Waals surface area contributed by atoms with Gasteiger partial charge >= 0.3 is 0 Å². The zero-order valence-electron chi connectivity index (χ0n) is 13.5. The first kappa shape index (κ1) is 18.3. The lowest BCUT2D eigenvalue weighted by Crippen LogP contribution is -2.43. The number of hydrogen-bond donors (Lipinski definition) is 2. The van der Waals surface area contributed by atoms with Crippen molar-refractivity contribution in [2.75, 3.05) is 13.7 Å². The van der Waals surface area contributed by atoms with Gasteiger partial charge in [0, 0.05) is 18.6 Å². The number of aliphatic hydroxyl groups is 1. The highest BCUT2D eigenvalue weighted by Crippen LogP contribution is 2.17. The molecule has 24 heavy (non-hydrogen) atoms. The number of hydrogen-bond acceptors (Lipinski definition) is 4. The van der Waals surface area contributed by atoms with Crippen LogP contribution in [0.4, 0.5) is 0 Å². The molecule has 0 saturated heterocycles. The van der Waals surface area contributed by atoms with Gasteiger partial charge in [0.15, 0.2) is 0 Å². The van der Waals surface area contributed by atoms with Crippen LogP contribution in [-0.4, -0.2) is 35.6 Å². The second-order valence-corrected chi connectivity index (χ2v) is 5.98. The minimum absolute atomic E-state index is 0.293. The standard InChI is InChI=1S/C18H21ClN2O3/c1-21(18(23)17(20)11-22)10-13-5-7-16(8-6-13)24-12-14-3-2-4-15(19)9-14/h2-9,17,22H,10-12,20H2,1H3. The molecule has 5 nitrogen and oxygen atoms in total. The lowest BCUT2D eigenvalue weighted by molar-refractivity contribution is -0.132. The maximum absolute atomic E-state index is 11.8. The van der Waals surface area contributed by atoms with Crippen LogP contribution in [0.2, 0.25) is 5.02 Å². The summed E-state index contributed by atoms with van der Waals surface area (Å²) in [7, 11) is 1.65. The van der Waals surface area contributed by atoms with Crippen LogP contribution in [0.15, 0.2) is 48.5 Å². The Kier molecular flexibility index (Phi) is 6.61. The van der Waals surface area contributed by atoms with E-state index in [9.17, 15) is 4.79 Å². The second-order valence-electron chi connectivity index (χ2n) is 5.55. The third-order valence-electron chi connectivity index (χ3n) is 3.53. The van der Waals surface area contributed by atoms with Gasteiger partial charge in [0.1, 0.15) is 18.4 Å². The Morgan fingerprint density at radius 3 is 2.58 bits per heavy atom. The fourth-order valence-corrected chi connectivity index (χ4v) is 2.41. The first-order valence-corrected chi connectivity index (χ1v) is 7.95. The number of carbonyl (C=O) groups excluding carboxylic acids is 1. The smallest absolute Gasteiger partial charge is 0.241 e. The van der Waals surface area contributed by atoms with E-state index in [1.807, 2.05) is 48.5 Å². The molecule has 2 rings (SSSR count). The molecule has 1 amide bonds. The average molecular weight is 349 g/mol. The molecule has 0 fully saturated rings. The lowest BCUT2D eigenvalue weighted by atomic mass is 10.2. The van der Waals surface area contributed by atoms with E-state index >= 15 is 0 Å². The van der Waals surface area contributed by atoms with Crippen molar-refractivity contribution in [2.24, 2.45) is 5.73 Å². The largest absolute Gasteiger partial charge is 0.489 e. The van der Waals surface area contributed by atoms with E-state index < -0.39 is 6.04 Å². The van der Waals surface area contributed by atoms with Crippen LogP contribution in [0.5, 0.6) is 5.75 Å². The Bertz CT molecular complexity index is 676. The molecular formula is C18H21ClN2O3. The highest BCUT2D eigenvalue weighted by molar-refractivity contribution is 6.30. The maximum Gasteiger partial charge on any atom is 0.241 e. The highest BCUT2D eigenvalue weighted by Gasteiger charge is 2.16. The van der Waals surface area contributed by atoms with E-state index in [0.717, 1.165) is 16.9 Å². The first-order chi connectivity index (χ1) is 11.5. The molecule has 2 aromatic rings. The van der Waals surface area contributed by atoms with Crippen molar-refractivity contribution in [1.29, 1.82) is 0 Å². The minimum Gasteiger partial charge on any atom is -0.489 e. The molecule has 0 aliphatic carbocycles. The van der Waals surface area contributed by atoms with Crippen molar-refractivity contribution < 1.29 is 14.6 Å². The monoisotopic (exact) mass is 348 g/mol. The molecule has 3 N–H and O–H groups in total. The normalized spacial score (nSPS) is 11.8. The molecular weight excluding hydrogens is 328 g/mol. The second kappa shape index (κ2) is 8.68. The summed E-state index contributed by atoms with van der Waals surface area (Å²) in [5.74, 6) is 0.443. The van der Waals surface area contributed by atoms with Gasteiger partial charge in [0.05, 0.1) is 6.61 Å². The Balaban J connectivity index is 1.89. The zero-order valence-corrected chi connectivity index (χ0v) is 14.2. The van der Waals surface area contributed by atoms with Gasteiger partial charge in [0.25, 0.3) is 0 Å². The summed E-state index contributed by atoms with van der Waals surface area (Å²) in [6.07, 6.45) is 0. The van der Waals surface area contributed by atoms with Crippen LogP contribution in [0.3, 0.4) is 0 Å². The molecule has 0 spiro atoms. The molecule has 0 aliphatic heterocycles. The van der Waals surface area contributed by atoms with E-state index in [2.05, 4.69) is 0 Å². The summed E-state index contributed by atoms with van der Waals surface area (Å²) in [4.78, 5) is 13.3. The predicted octanol–water partition coefficient (Wildman–Crippen LogP) is 2.20. The topological polar surface area (TPSA) is 75.8 Å². The van der Waals surface area contributed by atoms with Gasteiger partial charge in [-0.05, 0) is 35.4 Å². The number of aliphatic hydroxyl groups excluding tert-OH is 1. The summed E-state index contributed by atoms with van der Waals surface area (Å²) in [5, 5.41) is 9.61. The summed E-state index contributed by atoms with van der Waals surface area (Å²) < 4.78 is 5.72. The van der Waals surface area contributed by atoms with E-state index in [1.54, 1.807) is 7.05 Å². The SMILES string of the molecule is CN(Cc1ccc(OCc2cccc(Cl)c2)cc1)C(=O)C(N)CO. The van der Waals surface area contributed by atoms with Crippen LogP contribution in [0.25, 0.3) is 0 Å². The number of benzene rings is 2. The number of amides is 1. The van der Waals surface area contributed by atoms with Gasteiger partial charge < -0.3 is 20.5 Å². The Morgan fingerprint density at radius 2 is 1.96 bits per heavy atom. The Morgan fingerprint density at radius 1 is 1.25 bits per heavy atom. The number of ether oxygens (including phenoxy) is 1. The van der Waals surface area contributed by atoms with E-state index in [-0.39, 0.29) is 12.5 Å². The number of halogens is 1. The van der Waals surface area contributed by atoms with Crippen molar-refractivity contribution in [2.45, 2.75) is 19.2 Å². The summed E-state index contributed by atoms with van der Waals surface area (Å²) in [6, 6.07) is 14.1. The molecule has 0 aliphatic rings. The van der Waals surface area contributed by atoms with E-state index in [4.69, 9.17) is 27.2 Å². The Labute approximate surface area is 146 Å². The predicted molar refractivity (Wildman–Crippen MR) is 93.8 cm³/mol. The fourth-order valence-electron chi connectivity index (χ4n) is 2.20. The van der Waals surface area contributed by atoms with E-state index in [1.165, 1.54) is 4.90 Å². The average Bonchev–Trinajstić information content (AvgIpc) is 2.59. The van der Waals surface area contributed by atoms with Crippen molar-refractivity contribution >= 4 is 17.5 Å². The third-order valence-corrected chi connectivity index (χ3v) is 3.76. The van der Waals surface area contributed by atoms with Crippen LogP contribution in [0, 0.1) is 0 Å². The van der Waals surface area contributed by atoms with Crippen LogP contribution in [-0.2, 0) is 17.9 Å². The van der Waals surface area contributed by atoms with Gasteiger partial charge in [-0.2, -0.15) is 0 Å². The van der Waals surface area contributed by atoms with Crippen LogP contribution < -0.4 is 10.5 Å². The molecule has 1 atom stereocenters. The zero-order chi connectivity index (χ0) is 17.5. The molecule has 128 valence electrons. The summed E-state index contributed by atoms with van der Waals surface area (Å²) >= 11 is 5.94. The van der Waals surface area contributed by atoms with Crippen LogP contribution in [0.1, 0.15) is 11.1 Å². The molecule has 0 bridgehead atoms. The number of likely N-dealkylation sites (N-methyl/N-ethyl adjacent to an activating group) is 1. The summed E-state index contributed by atoms with van der Waals surface area (Å²) in [6.45, 7) is 0.490. The molecule has 2 aromatic carbocycles. The molecule has 1 unspecified atom stereocenters. The van der Waals surface area contributed by atoms with Gasteiger partial charge in [-0.1, -0.05) is 35.9 Å². The minimum atomic E-state index is -0.879. The number of nitrogens with two attached hydrogens (primary N) is 1. The number of rotatable bonds is 7. The number of nitrogens with zero attached hydrogens (tertiary/aromatic N) is 1. The number of carbonyl (C=O) groups is 1. The van der Waals surface area contributed by atoms with Gasteiger partial charge in [0.2, 0.25) is 5.91 Å². The van der Waals surface area contributed by atoms with Crippen molar-refractivity contribution in [3.05, 3.63) is 64.7 Å².